The van der Waals surface area contributed by atoms with E-state index in [4.69, 9.17) is 4.74 Å². The number of H-pyrrole nitrogens is 1. The first kappa shape index (κ1) is 22.1. The first-order chi connectivity index (χ1) is 17.2. The van der Waals surface area contributed by atoms with Gasteiger partial charge in [0.05, 0.1) is 18.8 Å². The smallest absolute Gasteiger partial charge is 0.146 e. The summed E-state index contributed by atoms with van der Waals surface area (Å²) in [6, 6.07) is 22.3. The highest BCUT2D eigenvalue weighted by atomic mass is 19.1. The van der Waals surface area contributed by atoms with Crippen molar-refractivity contribution in [3.05, 3.63) is 94.9 Å². The zero-order chi connectivity index (χ0) is 23.8. The number of halogens is 1. The Morgan fingerprint density at radius 3 is 2.60 bits per heavy atom. The van der Waals surface area contributed by atoms with Crippen molar-refractivity contribution >= 4 is 16.6 Å². The van der Waals surface area contributed by atoms with Gasteiger partial charge >= 0.3 is 0 Å². The lowest BCUT2D eigenvalue weighted by atomic mass is 9.93. The topological polar surface area (TPSA) is 43.5 Å². The Balaban J connectivity index is 1.23. The Labute approximate surface area is 205 Å². The van der Waals surface area contributed by atoms with Crippen molar-refractivity contribution in [2.24, 2.45) is 0 Å². The second kappa shape index (κ2) is 9.36. The van der Waals surface area contributed by atoms with Gasteiger partial charge in [-0.15, -0.1) is 0 Å². The molecule has 180 valence electrons. The molecule has 6 heteroatoms. The second-order valence-electron chi connectivity index (χ2n) is 9.49. The number of para-hydroxylation sites is 2. The molecule has 2 aliphatic heterocycles. The minimum Gasteiger partial charge on any atom is -0.496 e. The normalized spacial score (nSPS) is 18.6. The summed E-state index contributed by atoms with van der Waals surface area (Å²) < 4.78 is 20.0. The van der Waals surface area contributed by atoms with Gasteiger partial charge in [0.25, 0.3) is 0 Å². The molecule has 0 amide bonds. The summed E-state index contributed by atoms with van der Waals surface area (Å²) in [5.74, 6) is 0.768. The van der Waals surface area contributed by atoms with Crippen molar-refractivity contribution in [1.82, 2.24) is 15.2 Å². The van der Waals surface area contributed by atoms with Crippen LogP contribution in [0.2, 0.25) is 0 Å². The first-order valence-electron chi connectivity index (χ1n) is 12.4. The molecule has 1 atom stereocenters. The highest BCUT2D eigenvalue weighted by molar-refractivity contribution is 5.85. The average molecular weight is 471 g/mol. The molecule has 1 saturated heterocycles. The fourth-order valence-corrected chi connectivity index (χ4v) is 5.66. The minimum absolute atomic E-state index is 0.133. The van der Waals surface area contributed by atoms with Crippen molar-refractivity contribution < 1.29 is 9.13 Å². The molecule has 0 radical (unpaired) electrons. The van der Waals surface area contributed by atoms with Crippen LogP contribution < -0.4 is 15.0 Å². The molecule has 0 unspecified atom stereocenters. The van der Waals surface area contributed by atoms with Crippen LogP contribution in [0.5, 0.6) is 5.75 Å². The van der Waals surface area contributed by atoms with E-state index >= 15 is 0 Å². The van der Waals surface area contributed by atoms with E-state index in [1.165, 1.54) is 39.4 Å². The molecule has 3 aromatic carbocycles. The van der Waals surface area contributed by atoms with Crippen molar-refractivity contribution in [3.63, 3.8) is 0 Å². The third-order valence-corrected chi connectivity index (χ3v) is 7.46. The van der Waals surface area contributed by atoms with Gasteiger partial charge in [0.15, 0.2) is 0 Å². The maximum atomic E-state index is 14.2. The van der Waals surface area contributed by atoms with E-state index in [2.05, 4.69) is 62.6 Å². The van der Waals surface area contributed by atoms with Crippen LogP contribution in [0.3, 0.4) is 0 Å². The molecule has 0 saturated carbocycles. The summed E-state index contributed by atoms with van der Waals surface area (Å²) in [5.41, 5.74) is 7.03. The molecule has 4 aromatic rings. The number of piperazine rings is 1. The summed E-state index contributed by atoms with van der Waals surface area (Å²) in [4.78, 5) is 8.25. The average Bonchev–Trinajstić information content (AvgIpc) is 3.28. The van der Waals surface area contributed by atoms with Crippen LogP contribution in [0.15, 0.2) is 66.7 Å². The lowest BCUT2D eigenvalue weighted by Crippen LogP contribution is -2.46. The third-order valence-electron chi connectivity index (χ3n) is 7.46. The number of rotatable bonds is 5. The lowest BCUT2D eigenvalue weighted by molar-refractivity contribution is 0.245. The first-order valence-corrected chi connectivity index (χ1v) is 12.4. The summed E-state index contributed by atoms with van der Waals surface area (Å²) >= 11 is 0. The molecule has 6 rings (SSSR count). The minimum atomic E-state index is -0.147. The van der Waals surface area contributed by atoms with Crippen LogP contribution in [0.4, 0.5) is 10.1 Å². The number of nitrogens with zero attached hydrogens (tertiary/aromatic N) is 2. The molecule has 1 aromatic heterocycles. The summed E-state index contributed by atoms with van der Waals surface area (Å²) in [6.45, 7) is 5.16. The number of fused-ring (bicyclic) bond motifs is 3. The summed E-state index contributed by atoms with van der Waals surface area (Å²) in [5, 5.41) is 5.05. The largest absolute Gasteiger partial charge is 0.496 e. The monoisotopic (exact) mass is 470 g/mol. The second-order valence-corrected chi connectivity index (χ2v) is 9.49. The Bertz CT molecular complexity index is 1340. The lowest BCUT2D eigenvalue weighted by Gasteiger charge is -2.36. The van der Waals surface area contributed by atoms with Gasteiger partial charge in [-0.25, -0.2) is 4.39 Å². The number of aromatic nitrogens is 1. The number of methoxy groups -OCH3 is 1. The van der Waals surface area contributed by atoms with Crippen molar-refractivity contribution in [3.8, 4) is 5.75 Å². The van der Waals surface area contributed by atoms with E-state index in [1.54, 1.807) is 13.2 Å². The quantitative estimate of drug-likeness (QED) is 0.437. The highest BCUT2D eigenvalue weighted by Crippen LogP contribution is 2.35. The van der Waals surface area contributed by atoms with Gasteiger partial charge in [0.2, 0.25) is 0 Å². The molecule has 3 heterocycles. The molecule has 0 spiro atoms. The summed E-state index contributed by atoms with van der Waals surface area (Å²) in [7, 11) is 1.74. The maximum absolute atomic E-state index is 14.2. The zero-order valence-electron chi connectivity index (χ0n) is 20.1. The van der Waals surface area contributed by atoms with Crippen LogP contribution in [0.1, 0.15) is 28.4 Å². The predicted octanol–water partition coefficient (Wildman–Crippen LogP) is 4.87. The van der Waals surface area contributed by atoms with Crippen molar-refractivity contribution in [2.75, 3.05) is 44.7 Å². The van der Waals surface area contributed by atoms with Crippen LogP contribution in [-0.2, 0) is 13.0 Å². The Hall–Kier alpha value is -3.35. The molecule has 2 aliphatic rings. The van der Waals surface area contributed by atoms with E-state index in [9.17, 15) is 4.39 Å². The van der Waals surface area contributed by atoms with Crippen LogP contribution in [0, 0.1) is 5.82 Å². The van der Waals surface area contributed by atoms with Crippen LogP contribution in [0.25, 0.3) is 10.9 Å². The molecule has 0 bridgehead atoms. The number of ether oxygens (including phenoxy) is 1. The van der Waals surface area contributed by atoms with Gasteiger partial charge in [-0.3, -0.25) is 4.90 Å². The number of benzene rings is 3. The fraction of sp³-hybridized carbons (Fsp3) is 0.310. The Morgan fingerprint density at radius 2 is 1.77 bits per heavy atom. The van der Waals surface area contributed by atoms with Crippen molar-refractivity contribution in [1.29, 1.82) is 0 Å². The molecule has 0 aliphatic carbocycles. The fourth-order valence-electron chi connectivity index (χ4n) is 5.66. The van der Waals surface area contributed by atoms with Crippen molar-refractivity contribution in [2.45, 2.75) is 19.0 Å². The molecule has 2 N–H and O–H groups in total. The van der Waals surface area contributed by atoms with Gasteiger partial charge in [0.1, 0.15) is 11.6 Å². The highest BCUT2D eigenvalue weighted by Gasteiger charge is 2.26. The van der Waals surface area contributed by atoms with Crippen LogP contribution in [-0.4, -0.2) is 49.7 Å². The van der Waals surface area contributed by atoms with Crippen LogP contribution >= 0.6 is 0 Å². The number of anilines is 1. The SMILES string of the molecule is COc1ccc([C@H]2NCCc3c2[nH]c2ccccc32)cc1CN1CCN(c2ccccc2F)CC1. The zero-order valence-corrected chi connectivity index (χ0v) is 20.1. The van der Waals surface area contributed by atoms with Gasteiger partial charge in [-0.2, -0.15) is 0 Å². The number of nitrogens with one attached hydrogen (secondary N) is 2. The van der Waals surface area contributed by atoms with E-state index in [0.29, 0.717) is 5.69 Å². The molecule has 1 fully saturated rings. The Morgan fingerprint density at radius 1 is 0.971 bits per heavy atom. The number of hydrogen-bond acceptors (Lipinski definition) is 4. The number of aromatic amines is 1. The van der Waals surface area contributed by atoms with Gasteiger partial charge in [0, 0.05) is 61.4 Å². The molecule has 5 nitrogen and oxygen atoms in total. The molecular formula is C29H31FN4O. The van der Waals surface area contributed by atoms with E-state index < -0.39 is 0 Å². The Kier molecular flexibility index (Phi) is 5.92. The number of hydrogen-bond donors (Lipinski definition) is 2. The maximum Gasteiger partial charge on any atom is 0.146 e. The standard InChI is InChI=1S/C29H31FN4O/c1-35-27-11-10-20(28-29-23(12-13-31-28)22-6-2-4-8-25(22)32-29)18-21(27)19-33-14-16-34(17-15-33)26-9-5-3-7-24(26)30/h2-11,18,28,31-32H,12-17,19H2,1H3/t28-/m1/s1. The van der Waals surface area contributed by atoms with Gasteiger partial charge in [-0.1, -0.05) is 36.4 Å². The van der Waals surface area contributed by atoms with E-state index in [-0.39, 0.29) is 11.9 Å². The molecular weight excluding hydrogens is 439 g/mol. The van der Waals surface area contributed by atoms with Gasteiger partial charge < -0.3 is 19.9 Å². The predicted molar refractivity (Wildman–Crippen MR) is 139 cm³/mol. The third kappa shape index (κ3) is 4.17. The van der Waals surface area contributed by atoms with E-state index in [1.807, 2.05) is 12.1 Å². The summed E-state index contributed by atoms with van der Waals surface area (Å²) in [6.07, 6.45) is 1.03. The van der Waals surface area contributed by atoms with Gasteiger partial charge in [-0.05, 0) is 47.9 Å². The molecule has 35 heavy (non-hydrogen) atoms. The van der Waals surface area contributed by atoms with E-state index in [0.717, 1.165) is 51.4 Å².